The number of hydrogen-bond acceptors (Lipinski definition) is 4. The first-order valence-electron chi connectivity index (χ1n) is 6.63. The lowest BCUT2D eigenvalue weighted by atomic mass is 10.1. The SMILES string of the molecule is O=[N+]([O-])c1ccc(Cc2nc3cc(C(F)(F)F)ccc3s2)c(Cl)c1. The lowest BCUT2D eigenvalue weighted by Crippen LogP contribution is -2.03. The number of fused-ring (bicyclic) bond motifs is 1. The fraction of sp³-hybridized carbons (Fsp3) is 0.133. The molecule has 3 rings (SSSR count). The third kappa shape index (κ3) is 3.34. The molecule has 24 heavy (non-hydrogen) atoms. The quantitative estimate of drug-likeness (QED) is 0.452. The molecule has 9 heteroatoms. The van der Waals surface area contributed by atoms with E-state index < -0.39 is 16.7 Å². The Morgan fingerprint density at radius 2 is 1.96 bits per heavy atom. The standard InChI is InChI=1S/C15H8ClF3N2O2S/c16-11-7-10(21(22)23)3-1-8(11)5-14-20-12-6-9(15(17,18)19)2-4-13(12)24-14/h1-4,6-7H,5H2. The summed E-state index contributed by atoms with van der Waals surface area (Å²) in [6.07, 6.45) is -4.13. The molecule has 0 bridgehead atoms. The van der Waals surface area contributed by atoms with Crippen molar-refractivity contribution >= 4 is 38.8 Å². The lowest BCUT2D eigenvalue weighted by molar-refractivity contribution is -0.384. The molecule has 0 radical (unpaired) electrons. The Labute approximate surface area is 142 Å². The average molecular weight is 373 g/mol. The van der Waals surface area contributed by atoms with Crippen LogP contribution in [-0.2, 0) is 12.6 Å². The molecule has 0 saturated heterocycles. The summed E-state index contributed by atoms with van der Waals surface area (Å²) in [6.45, 7) is 0. The molecule has 0 saturated carbocycles. The van der Waals surface area contributed by atoms with Gasteiger partial charge in [0.25, 0.3) is 5.69 Å². The molecule has 0 aliphatic heterocycles. The van der Waals surface area contributed by atoms with Crippen LogP contribution in [0.2, 0.25) is 5.02 Å². The summed E-state index contributed by atoms with van der Waals surface area (Å²) in [5, 5.41) is 11.5. The molecule has 1 aromatic heterocycles. The van der Waals surface area contributed by atoms with Gasteiger partial charge in [0.2, 0.25) is 0 Å². The van der Waals surface area contributed by atoms with Gasteiger partial charge in [-0.3, -0.25) is 10.1 Å². The molecule has 3 aromatic rings. The molecule has 0 spiro atoms. The van der Waals surface area contributed by atoms with E-state index in [0.29, 0.717) is 15.3 Å². The molecule has 1 heterocycles. The summed E-state index contributed by atoms with van der Waals surface area (Å²) < 4.78 is 38.8. The first-order chi connectivity index (χ1) is 11.2. The number of nitrogens with zero attached hydrogens (tertiary/aromatic N) is 2. The fourth-order valence-electron chi connectivity index (χ4n) is 2.18. The minimum atomic E-state index is -4.42. The molecule has 0 amide bonds. The number of aromatic nitrogens is 1. The van der Waals surface area contributed by atoms with Gasteiger partial charge in [-0.1, -0.05) is 17.7 Å². The van der Waals surface area contributed by atoms with Gasteiger partial charge in [0.15, 0.2) is 0 Å². The number of non-ortho nitro benzene ring substituents is 1. The van der Waals surface area contributed by atoms with Crippen molar-refractivity contribution in [3.63, 3.8) is 0 Å². The van der Waals surface area contributed by atoms with E-state index in [9.17, 15) is 23.3 Å². The van der Waals surface area contributed by atoms with Crippen LogP contribution in [0.1, 0.15) is 16.1 Å². The highest BCUT2D eigenvalue weighted by molar-refractivity contribution is 7.18. The van der Waals surface area contributed by atoms with Crippen molar-refractivity contribution in [1.82, 2.24) is 4.98 Å². The second kappa shape index (κ2) is 6.03. The zero-order chi connectivity index (χ0) is 17.5. The summed E-state index contributed by atoms with van der Waals surface area (Å²) in [6, 6.07) is 7.50. The van der Waals surface area contributed by atoms with Crippen molar-refractivity contribution in [3.8, 4) is 0 Å². The van der Waals surface area contributed by atoms with Crippen molar-refractivity contribution in [2.45, 2.75) is 12.6 Å². The van der Waals surface area contributed by atoms with E-state index in [1.54, 1.807) is 0 Å². The van der Waals surface area contributed by atoms with Crippen LogP contribution in [0.3, 0.4) is 0 Å². The number of alkyl halides is 3. The van der Waals surface area contributed by atoms with E-state index in [1.165, 1.54) is 35.6 Å². The van der Waals surface area contributed by atoms with E-state index in [-0.39, 0.29) is 22.6 Å². The number of rotatable bonds is 3. The zero-order valence-electron chi connectivity index (χ0n) is 11.8. The van der Waals surface area contributed by atoms with Crippen LogP contribution in [0.5, 0.6) is 0 Å². The molecular weight excluding hydrogens is 365 g/mol. The number of benzene rings is 2. The number of nitro groups is 1. The smallest absolute Gasteiger partial charge is 0.258 e. The molecule has 0 aliphatic rings. The maximum Gasteiger partial charge on any atom is 0.416 e. The Bertz CT molecular complexity index is 940. The highest BCUT2D eigenvalue weighted by Crippen LogP contribution is 2.34. The molecule has 124 valence electrons. The summed E-state index contributed by atoms with van der Waals surface area (Å²) in [5.41, 5.74) is 0.0170. The van der Waals surface area contributed by atoms with Gasteiger partial charge in [0, 0.05) is 18.6 Å². The molecule has 0 N–H and O–H groups in total. The minimum absolute atomic E-state index is 0.122. The van der Waals surface area contributed by atoms with Crippen molar-refractivity contribution in [2.75, 3.05) is 0 Å². The average Bonchev–Trinajstić information content (AvgIpc) is 2.89. The zero-order valence-corrected chi connectivity index (χ0v) is 13.4. The van der Waals surface area contributed by atoms with Gasteiger partial charge in [-0.25, -0.2) is 4.98 Å². The van der Waals surface area contributed by atoms with E-state index in [1.807, 2.05) is 0 Å². The van der Waals surface area contributed by atoms with E-state index in [2.05, 4.69) is 4.98 Å². The molecule has 0 fully saturated rings. The van der Waals surface area contributed by atoms with Gasteiger partial charge < -0.3 is 0 Å². The fourth-order valence-corrected chi connectivity index (χ4v) is 3.40. The molecular formula is C15H8ClF3N2O2S. The Balaban J connectivity index is 1.92. The summed E-state index contributed by atoms with van der Waals surface area (Å²) in [4.78, 5) is 14.4. The first kappa shape index (κ1) is 16.7. The Morgan fingerprint density at radius 3 is 2.58 bits per heavy atom. The predicted molar refractivity (Wildman–Crippen MR) is 85.5 cm³/mol. The van der Waals surface area contributed by atoms with Crippen LogP contribution in [-0.4, -0.2) is 9.91 Å². The highest BCUT2D eigenvalue weighted by atomic mass is 35.5. The second-order valence-corrected chi connectivity index (χ2v) is 6.52. The van der Waals surface area contributed by atoms with Crippen LogP contribution < -0.4 is 0 Å². The van der Waals surface area contributed by atoms with Gasteiger partial charge in [-0.2, -0.15) is 13.2 Å². The molecule has 0 unspecified atom stereocenters. The number of halogens is 4. The number of nitro benzene ring substituents is 1. The van der Waals surface area contributed by atoms with Crippen LogP contribution in [0.25, 0.3) is 10.2 Å². The van der Waals surface area contributed by atoms with Crippen LogP contribution in [0, 0.1) is 10.1 Å². The Kier molecular flexibility index (Phi) is 4.18. The first-order valence-corrected chi connectivity index (χ1v) is 7.83. The molecule has 4 nitrogen and oxygen atoms in total. The van der Waals surface area contributed by atoms with Gasteiger partial charge in [0.05, 0.1) is 30.7 Å². The van der Waals surface area contributed by atoms with Crippen LogP contribution in [0.4, 0.5) is 18.9 Å². The van der Waals surface area contributed by atoms with Gasteiger partial charge in [-0.15, -0.1) is 11.3 Å². The topological polar surface area (TPSA) is 56.0 Å². The predicted octanol–water partition coefficient (Wildman–Crippen LogP) is 5.47. The Morgan fingerprint density at radius 1 is 1.21 bits per heavy atom. The summed E-state index contributed by atoms with van der Waals surface area (Å²) in [5.74, 6) is 0. The monoisotopic (exact) mass is 372 g/mol. The second-order valence-electron chi connectivity index (χ2n) is 5.00. The van der Waals surface area contributed by atoms with E-state index in [0.717, 1.165) is 12.1 Å². The minimum Gasteiger partial charge on any atom is -0.258 e. The normalized spacial score (nSPS) is 11.8. The third-order valence-electron chi connectivity index (χ3n) is 3.35. The molecule has 2 aromatic carbocycles. The maximum atomic E-state index is 12.7. The summed E-state index contributed by atoms with van der Waals surface area (Å²) >= 11 is 7.29. The largest absolute Gasteiger partial charge is 0.416 e. The van der Waals surface area contributed by atoms with Crippen molar-refractivity contribution in [1.29, 1.82) is 0 Å². The molecule has 0 aliphatic carbocycles. The third-order valence-corrected chi connectivity index (χ3v) is 4.74. The van der Waals surface area contributed by atoms with Crippen LogP contribution >= 0.6 is 22.9 Å². The summed E-state index contributed by atoms with van der Waals surface area (Å²) in [7, 11) is 0. The van der Waals surface area contributed by atoms with Crippen molar-refractivity contribution in [2.24, 2.45) is 0 Å². The Hall–Kier alpha value is -2.19. The highest BCUT2D eigenvalue weighted by Gasteiger charge is 2.30. The number of thiazole rings is 1. The molecule has 0 atom stereocenters. The van der Waals surface area contributed by atoms with Gasteiger partial charge >= 0.3 is 6.18 Å². The van der Waals surface area contributed by atoms with Gasteiger partial charge in [-0.05, 0) is 23.8 Å². The van der Waals surface area contributed by atoms with E-state index >= 15 is 0 Å². The maximum absolute atomic E-state index is 12.7. The van der Waals surface area contributed by atoms with E-state index in [4.69, 9.17) is 11.6 Å². The van der Waals surface area contributed by atoms with Crippen LogP contribution in [0.15, 0.2) is 36.4 Å². The lowest BCUT2D eigenvalue weighted by Gasteiger charge is -2.04. The number of hydrogen-bond donors (Lipinski definition) is 0. The van der Waals surface area contributed by atoms with Crippen molar-refractivity contribution in [3.05, 3.63) is 67.7 Å². The van der Waals surface area contributed by atoms with Crippen molar-refractivity contribution < 1.29 is 18.1 Å². The van der Waals surface area contributed by atoms with Gasteiger partial charge in [0.1, 0.15) is 0 Å².